The number of nitrogens with zero attached hydrogens (tertiary/aromatic N) is 1. The third-order valence-electron chi connectivity index (χ3n) is 8.37. The first-order valence-electron chi connectivity index (χ1n) is 14.0. The molecule has 0 aromatic heterocycles. The molecule has 1 fully saturated rings. The van der Waals surface area contributed by atoms with Crippen molar-refractivity contribution >= 4 is 17.5 Å². The number of hydrogen-bond donors (Lipinski definition) is 0. The van der Waals surface area contributed by atoms with Crippen molar-refractivity contribution in [3.05, 3.63) is 82.4 Å². The molecule has 1 saturated heterocycles. The molecule has 4 heteroatoms. The minimum Gasteiger partial charge on any atom is -0.332 e. The monoisotopic (exact) mass is 515 g/mol. The van der Waals surface area contributed by atoms with Crippen molar-refractivity contribution in [3.63, 3.8) is 0 Å². The number of benzene rings is 2. The van der Waals surface area contributed by atoms with E-state index in [1.807, 2.05) is 75.9 Å². The van der Waals surface area contributed by atoms with Crippen molar-refractivity contribution in [2.24, 2.45) is 17.3 Å². The maximum atomic E-state index is 14.1. The summed E-state index contributed by atoms with van der Waals surface area (Å²) < 4.78 is 0. The first kappa shape index (κ1) is 29.5. The molecule has 1 amide bonds. The number of ketones is 2. The molecule has 0 bridgehead atoms. The van der Waals surface area contributed by atoms with Gasteiger partial charge in [-0.3, -0.25) is 14.4 Å². The van der Waals surface area contributed by atoms with E-state index in [1.165, 1.54) is 5.57 Å². The smallest absolute Gasteiger partial charge is 0.226 e. The highest BCUT2D eigenvalue weighted by molar-refractivity contribution is 5.98. The second-order valence-corrected chi connectivity index (χ2v) is 12.1. The highest BCUT2D eigenvalue weighted by Crippen LogP contribution is 2.39. The summed E-state index contributed by atoms with van der Waals surface area (Å²) in [6, 6.07) is 15.5. The van der Waals surface area contributed by atoms with E-state index in [1.54, 1.807) is 0 Å². The standard InChI is InChI=1S/C34H45NO3/c1-23(2)13-11-18-30(36)32-34(6,7)19-20-35(32)33(38)26(5)28(21-27-15-9-8-10-16-27)22-31(37)29-17-12-14-24(3)25(29)4/h8-10,12-17,26,28,32H,11,18-22H2,1-7H3. The summed E-state index contributed by atoms with van der Waals surface area (Å²) in [7, 11) is 0. The Labute approximate surface area is 229 Å². The SMILES string of the molecule is CC(C)=CCCC(=O)C1N(C(=O)C(C)C(CC(=O)c2cccc(C)c2C)Cc2ccccc2)CCC1(C)C. The maximum Gasteiger partial charge on any atom is 0.226 e. The molecule has 0 N–H and O–H groups in total. The molecule has 3 rings (SSSR count). The fourth-order valence-corrected chi connectivity index (χ4v) is 5.79. The zero-order valence-corrected chi connectivity index (χ0v) is 24.3. The third kappa shape index (κ3) is 7.09. The number of aryl methyl sites for hydroxylation is 1. The van der Waals surface area contributed by atoms with Gasteiger partial charge in [0, 0.05) is 30.9 Å². The van der Waals surface area contributed by atoms with Gasteiger partial charge in [-0.15, -0.1) is 0 Å². The summed E-state index contributed by atoms with van der Waals surface area (Å²) in [4.78, 5) is 42.8. The topological polar surface area (TPSA) is 54.5 Å². The van der Waals surface area contributed by atoms with Gasteiger partial charge in [0.05, 0.1) is 6.04 Å². The summed E-state index contributed by atoms with van der Waals surface area (Å²) in [6.07, 6.45) is 4.96. The lowest BCUT2D eigenvalue weighted by atomic mass is 9.79. The van der Waals surface area contributed by atoms with Crippen LogP contribution in [0, 0.1) is 31.1 Å². The summed E-state index contributed by atoms with van der Waals surface area (Å²) in [5.41, 5.74) is 4.87. The predicted octanol–water partition coefficient (Wildman–Crippen LogP) is 7.31. The van der Waals surface area contributed by atoms with Gasteiger partial charge in [-0.25, -0.2) is 0 Å². The van der Waals surface area contributed by atoms with Crippen LogP contribution in [0.2, 0.25) is 0 Å². The Hall–Kier alpha value is -3.01. The Kier molecular flexibility index (Phi) is 9.87. The molecule has 2 aromatic carbocycles. The maximum absolute atomic E-state index is 14.1. The molecular formula is C34H45NO3. The molecule has 0 aliphatic carbocycles. The van der Waals surface area contributed by atoms with E-state index < -0.39 is 6.04 Å². The van der Waals surface area contributed by atoms with Crippen LogP contribution in [0.1, 0.15) is 87.4 Å². The van der Waals surface area contributed by atoms with Crippen LogP contribution in [-0.4, -0.2) is 35.0 Å². The number of Topliss-reactive ketones (excluding diaryl/α,β-unsaturated/α-hetero) is 2. The number of likely N-dealkylation sites (tertiary alicyclic amines) is 1. The summed E-state index contributed by atoms with van der Waals surface area (Å²) in [6.45, 7) is 14.8. The molecule has 3 atom stereocenters. The zero-order chi connectivity index (χ0) is 28.0. The Balaban J connectivity index is 1.86. The van der Waals surface area contributed by atoms with Crippen LogP contribution in [0.25, 0.3) is 0 Å². The van der Waals surface area contributed by atoms with E-state index in [4.69, 9.17) is 0 Å². The number of carbonyl (C=O) groups is 3. The summed E-state index contributed by atoms with van der Waals surface area (Å²) in [5, 5.41) is 0. The van der Waals surface area contributed by atoms with Gasteiger partial charge in [-0.2, -0.15) is 0 Å². The molecule has 1 aliphatic rings. The molecule has 1 aliphatic heterocycles. The molecule has 0 saturated carbocycles. The molecule has 4 nitrogen and oxygen atoms in total. The molecular weight excluding hydrogens is 470 g/mol. The van der Waals surface area contributed by atoms with Crippen LogP contribution in [-0.2, 0) is 16.0 Å². The zero-order valence-electron chi connectivity index (χ0n) is 24.3. The number of amides is 1. The third-order valence-corrected chi connectivity index (χ3v) is 8.37. The fourth-order valence-electron chi connectivity index (χ4n) is 5.79. The highest BCUT2D eigenvalue weighted by atomic mass is 16.2. The number of carbonyl (C=O) groups excluding carboxylic acids is 3. The van der Waals surface area contributed by atoms with Crippen LogP contribution in [0.5, 0.6) is 0 Å². The Morgan fingerprint density at radius 3 is 2.37 bits per heavy atom. The first-order valence-corrected chi connectivity index (χ1v) is 14.0. The van der Waals surface area contributed by atoms with Crippen molar-refractivity contribution in [2.75, 3.05) is 6.54 Å². The quantitative estimate of drug-likeness (QED) is 0.233. The normalized spacial score (nSPS) is 18.1. The van der Waals surface area contributed by atoms with Gasteiger partial charge >= 0.3 is 0 Å². The first-order chi connectivity index (χ1) is 17.9. The Morgan fingerprint density at radius 2 is 1.71 bits per heavy atom. The van der Waals surface area contributed by atoms with E-state index in [2.05, 4.69) is 32.1 Å². The lowest BCUT2D eigenvalue weighted by Gasteiger charge is -2.34. The van der Waals surface area contributed by atoms with E-state index in [0.717, 1.165) is 28.7 Å². The van der Waals surface area contributed by atoms with Gasteiger partial charge in [-0.1, -0.05) is 81.0 Å². The van der Waals surface area contributed by atoms with Crippen LogP contribution >= 0.6 is 0 Å². The van der Waals surface area contributed by atoms with Gasteiger partial charge in [0.15, 0.2) is 11.6 Å². The van der Waals surface area contributed by atoms with Crippen molar-refractivity contribution in [3.8, 4) is 0 Å². The number of rotatable bonds is 11. The molecule has 38 heavy (non-hydrogen) atoms. The Morgan fingerprint density at radius 1 is 1.03 bits per heavy atom. The van der Waals surface area contributed by atoms with Crippen LogP contribution in [0.3, 0.4) is 0 Å². The van der Waals surface area contributed by atoms with Crippen molar-refractivity contribution < 1.29 is 14.4 Å². The Bertz CT molecular complexity index is 1170. The number of hydrogen-bond acceptors (Lipinski definition) is 3. The van der Waals surface area contributed by atoms with E-state index in [0.29, 0.717) is 32.2 Å². The van der Waals surface area contributed by atoms with E-state index in [-0.39, 0.29) is 34.7 Å². The van der Waals surface area contributed by atoms with Gasteiger partial charge in [0.1, 0.15) is 0 Å². The molecule has 204 valence electrons. The predicted molar refractivity (Wildman–Crippen MR) is 155 cm³/mol. The van der Waals surface area contributed by atoms with Gasteiger partial charge in [0.2, 0.25) is 5.91 Å². The minimum absolute atomic E-state index is 0.00849. The molecule has 1 heterocycles. The van der Waals surface area contributed by atoms with Crippen molar-refractivity contribution in [2.45, 2.75) is 86.6 Å². The lowest BCUT2D eigenvalue weighted by molar-refractivity contribution is -0.143. The van der Waals surface area contributed by atoms with Crippen molar-refractivity contribution in [1.82, 2.24) is 4.90 Å². The average molecular weight is 516 g/mol. The lowest BCUT2D eigenvalue weighted by Crippen LogP contribution is -2.49. The van der Waals surface area contributed by atoms with Gasteiger partial charge < -0.3 is 4.90 Å². The second-order valence-electron chi connectivity index (χ2n) is 12.1. The largest absolute Gasteiger partial charge is 0.332 e. The van der Waals surface area contributed by atoms with Crippen molar-refractivity contribution in [1.29, 1.82) is 0 Å². The molecule has 0 spiro atoms. The van der Waals surface area contributed by atoms with Crippen LogP contribution in [0.15, 0.2) is 60.2 Å². The minimum atomic E-state index is -0.421. The summed E-state index contributed by atoms with van der Waals surface area (Å²) in [5.74, 6) is -0.348. The second kappa shape index (κ2) is 12.7. The van der Waals surface area contributed by atoms with E-state index >= 15 is 0 Å². The average Bonchev–Trinajstić information content (AvgIpc) is 3.19. The molecule has 3 unspecified atom stereocenters. The van der Waals surface area contributed by atoms with Gasteiger partial charge in [0.25, 0.3) is 0 Å². The van der Waals surface area contributed by atoms with Crippen LogP contribution in [0.4, 0.5) is 0 Å². The summed E-state index contributed by atoms with van der Waals surface area (Å²) >= 11 is 0. The molecule has 0 radical (unpaired) electrons. The highest BCUT2D eigenvalue weighted by Gasteiger charge is 2.47. The fraction of sp³-hybridized carbons (Fsp3) is 0.500. The number of allylic oxidation sites excluding steroid dienone is 2. The van der Waals surface area contributed by atoms with Crippen LogP contribution < -0.4 is 0 Å². The molecule has 2 aromatic rings. The van der Waals surface area contributed by atoms with Gasteiger partial charge in [-0.05, 0) is 75.0 Å². The van der Waals surface area contributed by atoms with E-state index in [9.17, 15) is 14.4 Å².